The molecule has 0 aromatic heterocycles. The highest BCUT2D eigenvalue weighted by Crippen LogP contribution is 2.40. The van der Waals surface area contributed by atoms with E-state index in [4.69, 9.17) is 9.31 Å². The van der Waals surface area contributed by atoms with Gasteiger partial charge in [-0.2, -0.15) is 4.92 Å². The van der Waals surface area contributed by atoms with Gasteiger partial charge in [0.05, 0.1) is 11.2 Å². The zero-order valence-corrected chi connectivity index (χ0v) is 12.5. The molecule has 1 aromatic rings. The summed E-state index contributed by atoms with van der Waals surface area (Å²) in [6.45, 7) is 7.50. The molecule has 1 amide bonds. The lowest BCUT2D eigenvalue weighted by molar-refractivity contribution is 0.00578. The van der Waals surface area contributed by atoms with Gasteiger partial charge in [-0.05, 0) is 33.8 Å². The van der Waals surface area contributed by atoms with Crippen molar-refractivity contribution in [1.82, 2.24) is 10.3 Å². The Morgan fingerprint density at radius 2 is 1.76 bits per heavy atom. The van der Waals surface area contributed by atoms with E-state index in [1.54, 1.807) is 24.3 Å². The fourth-order valence-electron chi connectivity index (χ4n) is 2.38. The third-order valence-corrected chi connectivity index (χ3v) is 4.40. The molecular weight excluding hydrogens is 274 g/mol. The van der Waals surface area contributed by atoms with E-state index in [1.165, 1.54) is 0 Å². The average molecular weight is 292 g/mol. The summed E-state index contributed by atoms with van der Waals surface area (Å²) >= 11 is 0. The molecule has 21 heavy (non-hydrogen) atoms. The summed E-state index contributed by atoms with van der Waals surface area (Å²) in [5.41, 5.74) is 1.96. The molecule has 5 nitrogen and oxygen atoms in total. The van der Waals surface area contributed by atoms with E-state index in [-0.39, 0.29) is 5.91 Å². The minimum absolute atomic E-state index is 0.316. The molecular formula is C14H18BFN2O3. The molecule has 1 atom stereocenters. The van der Waals surface area contributed by atoms with Gasteiger partial charge in [0.2, 0.25) is 0 Å². The lowest BCUT2D eigenvalue weighted by Crippen LogP contribution is -2.56. The van der Waals surface area contributed by atoms with Crippen molar-refractivity contribution in [3.05, 3.63) is 35.4 Å². The maximum atomic E-state index is 14.7. The van der Waals surface area contributed by atoms with Crippen LogP contribution in [-0.2, 0) is 9.31 Å². The Kier molecular flexibility index (Phi) is 3.13. The summed E-state index contributed by atoms with van der Waals surface area (Å²) < 4.78 is 26.3. The molecule has 1 saturated heterocycles. The molecule has 0 bridgehead atoms. The summed E-state index contributed by atoms with van der Waals surface area (Å²) in [7, 11) is -0.970. The van der Waals surface area contributed by atoms with Gasteiger partial charge in [-0.1, -0.05) is 18.2 Å². The van der Waals surface area contributed by atoms with Crippen molar-refractivity contribution in [3.63, 3.8) is 0 Å². The summed E-state index contributed by atoms with van der Waals surface area (Å²) in [5.74, 6) is -0.366. The summed E-state index contributed by atoms with van der Waals surface area (Å²) in [6.07, 6.45) is -1.52. The van der Waals surface area contributed by atoms with Gasteiger partial charge in [-0.15, -0.1) is 0 Å². The van der Waals surface area contributed by atoms with E-state index in [9.17, 15) is 9.18 Å². The van der Waals surface area contributed by atoms with Crippen LogP contribution < -0.4 is 5.43 Å². The van der Waals surface area contributed by atoms with Crippen LogP contribution >= 0.6 is 0 Å². The number of carbonyl (C=O) groups excluding carboxylic acids is 1. The summed E-state index contributed by atoms with van der Waals surface area (Å²) in [6, 6.07) is 6.60. The minimum Gasteiger partial charge on any atom is -0.388 e. The van der Waals surface area contributed by atoms with Crippen molar-refractivity contribution in [3.8, 4) is 0 Å². The van der Waals surface area contributed by atoms with E-state index in [0.29, 0.717) is 11.1 Å². The monoisotopic (exact) mass is 292 g/mol. The topological polar surface area (TPSA) is 50.8 Å². The zero-order valence-electron chi connectivity index (χ0n) is 12.5. The molecule has 2 heterocycles. The van der Waals surface area contributed by atoms with Crippen molar-refractivity contribution in [2.75, 3.05) is 0 Å². The van der Waals surface area contributed by atoms with E-state index >= 15 is 0 Å². The molecule has 2 aliphatic rings. The van der Waals surface area contributed by atoms with Gasteiger partial charge in [0.25, 0.3) is 5.91 Å². The molecule has 1 aromatic carbocycles. The van der Waals surface area contributed by atoms with Crippen LogP contribution in [0.15, 0.2) is 24.3 Å². The van der Waals surface area contributed by atoms with Crippen LogP contribution in [-0.4, -0.2) is 29.3 Å². The second-order valence-electron chi connectivity index (χ2n) is 6.33. The fraction of sp³-hybridized carbons (Fsp3) is 0.500. The van der Waals surface area contributed by atoms with E-state index in [0.717, 1.165) is 4.92 Å². The van der Waals surface area contributed by atoms with Gasteiger partial charge < -0.3 is 9.31 Å². The maximum absolute atomic E-state index is 14.7. The highest BCUT2D eigenvalue weighted by atomic mass is 19.1. The Bertz CT molecular complexity index is 577. The number of alkyl halides is 1. The molecule has 112 valence electrons. The summed E-state index contributed by atoms with van der Waals surface area (Å²) in [5, 5.41) is 0. The smallest absolute Gasteiger partial charge is 0.388 e. The molecule has 1 N–H and O–H groups in total. The molecule has 0 spiro atoms. The lowest BCUT2D eigenvalue weighted by atomic mass is 9.90. The number of hydrazine groups is 1. The second kappa shape index (κ2) is 4.53. The maximum Gasteiger partial charge on any atom is 0.580 e. The largest absolute Gasteiger partial charge is 0.580 e. The minimum atomic E-state index is -1.52. The second-order valence-corrected chi connectivity index (χ2v) is 6.33. The van der Waals surface area contributed by atoms with Crippen LogP contribution in [0, 0.1) is 0 Å². The highest BCUT2D eigenvalue weighted by Gasteiger charge is 2.56. The number of halogens is 1. The average Bonchev–Trinajstić information content (AvgIpc) is 2.63. The first-order valence-corrected chi connectivity index (χ1v) is 6.91. The van der Waals surface area contributed by atoms with Crippen molar-refractivity contribution >= 4 is 13.2 Å². The van der Waals surface area contributed by atoms with Crippen molar-refractivity contribution in [1.29, 1.82) is 0 Å². The number of carbonyl (C=O) groups is 1. The van der Waals surface area contributed by atoms with Crippen LogP contribution in [0.3, 0.4) is 0 Å². The van der Waals surface area contributed by atoms with Gasteiger partial charge in [0, 0.05) is 11.1 Å². The SMILES string of the molecule is CC1(C)OB(N2NC(=O)c3ccccc3C2F)OC1(C)C. The Hall–Kier alpha value is -1.44. The zero-order chi connectivity index (χ0) is 15.4. The highest BCUT2D eigenvalue weighted by molar-refractivity contribution is 6.42. The molecule has 0 radical (unpaired) electrons. The van der Waals surface area contributed by atoms with Gasteiger partial charge in [0.15, 0.2) is 6.30 Å². The predicted octanol–water partition coefficient (Wildman–Crippen LogP) is 2.20. The molecule has 2 aliphatic heterocycles. The number of nitrogens with one attached hydrogen (secondary N) is 1. The van der Waals surface area contributed by atoms with Crippen LogP contribution in [0.25, 0.3) is 0 Å². The third kappa shape index (κ3) is 2.16. The van der Waals surface area contributed by atoms with E-state index in [2.05, 4.69) is 5.43 Å². The van der Waals surface area contributed by atoms with Gasteiger partial charge in [0.1, 0.15) is 0 Å². The molecule has 1 fully saturated rings. The van der Waals surface area contributed by atoms with E-state index < -0.39 is 24.8 Å². The first-order valence-electron chi connectivity index (χ1n) is 6.91. The third-order valence-electron chi connectivity index (χ3n) is 4.40. The number of hydrogen-bond acceptors (Lipinski definition) is 4. The lowest BCUT2D eigenvalue weighted by Gasteiger charge is -2.33. The summed E-state index contributed by atoms with van der Waals surface area (Å²) in [4.78, 5) is 13.2. The predicted molar refractivity (Wildman–Crippen MR) is 75.7 cm³/mol. The quantitative estimate of drug-likeness (QED) is 0.637. The molecule has 3 rings (SSSR count). The Labute approximate surface area is 123 Å². The van der Waals surface area contributed by atoms with Crippen LogP contribution in [0.5, 0.6) is 0 Å². The Morgan fingerprint density at radius 3 is 2.38 bits per heavy atom. The van der Waals surface area contributed by atoms with Crippen molar-refractivity contribution in [2.24, 2.45) is 0 Å². The number of amides is 1. The Morgan fingerprint density at radius 1 is 1.19 bits per heavy atom. The molecule has 0 saturated carbocycles. The molecule has 1 unspecified atom stereocenters. The number of nitrogens with zero attached hydrogens (tertiary/aromatic N) is 1. The fourth-order valence-corrected chi connectivity index (χ4v) is 2.38. The molecule has 0 aliphatic carbocycles. The van der Waals surface area contributed by atoms with Crippen LogP contribution in [0.4, 0.5) is 4.39 Å². The normalized spacial score (nSPS) is 27.4. The van der Waals surface area contributed by atoms with Crippen molar-refractivity contribution < 1.29 is 18.5 Å². The van der Waals surface area contributed by atoms with Crippen LogP contribution in [0.2, 0.25) is 0 Å². The van der Waals surface area contributed by atoms with Gasteiger partial charge in [-0.25, -0.2) is 4.39 Å². The number of benzene rings is 1. The number of rotatable bonds is 1. The first-order chi connectivity index (χ1) is 9.73. The Balaban J connectivity index is 1.91. The standard InChI is InChI=1S/C14H18BFN2O3/c1-13(2)14(3,4)21-15(20-13)18-11(16)9-7-5-6-8-10(9)12(19)17-18/h5-8,11H,1-4H3,(H,17,19). The number of fused-ring (bicyclic) bond motifs is 1. The van der Waals surface area contributed by atoms with E-state index in [1.807, 2.05) is 27.7 Å². The van der Waals surface area contributed by atoms with Crippen molar-refractivity contribution in [2.45, 2.75) is 45.2 Å². The first kappa shape index (κ1) is 14.5. The van der Waals surface area contributed by atoms with Gasteiger partial charge in [-0.3, -0.25) is 10.2 Å². The number of hydrogen-bond donors (Lipinski definition) is 1. The van der Waals surface area contributed by atoms with Crippen LogP contribution in [0.1, 0.15) is 49.9 Å². The molecule has 7 heteroatoms. The van der Waals surface area contributed by atoms with Gasteiger partial charge >= 0.3 is 7.25 Å².